The molecule has 3 heterocycles. The summed E-state index contributed by atoms with van der Waals surface area (Å²) in [5.41, 5.74) is 2.90. The van der Waals surface area contributed by atoms with Crippen LogP contribution >= 0.6 is 0 Å². The number of carbonyl (C=O) groups is 3. The molecule has 1 saturated heterocycles. The number of aryl methyl sites for hydroxylation is 2. The second kappa shape index (κ2) is 9.96. The number of fused-ring (bicyclic) bond motifs is 1. The number of likely N-dealkylation sites (tertiary alicyclic amines) is 1. The molecule has 0 unspecified atom stereocenters. The first-order chi connectivity index (χ1) is 17.0. The molecule has 1 aliphatic rings. The van der Waals surface area contributed by atoms with E-state index in [2.05, 4.69) is 15.4 Å². The van der Waals surface area contributed by atoms with Crippen LogP contribution < -0.4 is 5.32 Å². The van der Waals surface area contributed by atoms with Crippen molar-refractivity contribution in [3.8, 4) is 0 Å². The van der Waals surface area contributed by atoms with Crippen LogP contribution in [0.15, 0.2) is 36.5 Å². The molecule has 0 aliphatic carbocycles. The summed E-state index contributed by atoms with van der Waals surface area (Å²) in [6, 6.07) is 8.40. The largest absolute Gasteiger partial charge is 0.459 e. The minimum Gasteiger partial charge on any atom is -0.459 e. The molecular weight excluding hydrogens is 462 g/mol. The molecule has 10 nitrogen and oxygen atoms in total. The van der Waals surface area contributed by atoms with Crippen LogP contribution in [0.4, 0.5) is 10.5 Å². The summed E-state index contributed by atoms with van der Waals surface area (Å²) in [6.07, 6.45) is 1.96. The highest BCUT2D eigenvalue weighted by Gasteiger charge is 2.28. The van der Waals surface area contributed by atoms with Gasteiger partial charge in [-0.3, -0.25) is 4.79 Å². The van der Waals surface area contributed by atoms with Crippen molar-refractivity contribution in [3.05, 3.63) is 59.0 Å². The fraction of sp³-hybridized carbons (Fsp3) is 0.423. The number of esters is 1. The highest BCUT2D eigenvalue weighted by Crippen LogP contribution is 2.20. The average Bonchev–Trinajstić information content (AvgIpc) is 3.23. The van der Waals surface area contributed by atoms with Gasteiger partial charge in [-0.05, 0) is 65.0 Å². The Labute approximate surface area is 209 Å². The number of nitrogens with zero attached hydrogens (tertiary/aromatic N) is 4. The zero-order valence-electron chi connectivity index (χ0n) is 21.2. The summed E-state index contributed by atoms with van der Waals surface area (Å²) in [7, 11) is 0. The predicted molar refractivity (Wildman–Crippen MR) is 133 cm³/mol. The van der Waals surface area contributed by atoms with Gasteiger partial charge < -0.3 is 19.7 Å². The number of amides is 2. The van der Waals surface area contributed by atoms with Crippen molar-refractivity contribution in [2.75, 3.05) is 18.4 Å². The summed E-state index contributed by atoms with van der Waals surface area (Å²) in [6.45, 7) is 10.2. The summed E-state index contributed by atoms with van der Waals surface area (Å²) < 4.78 is 12.7. The van der Waals surface area contributed by atoms with E-state index in [4.69, 9.17) is 9.47 Å². The van der Waals surface area contributed by atoms with Crippen LogP contribution in [-0.2, 0) is 9.47 Å². The Balaban J connectivity index is 1.32. The second-order valence-corrected chi connectivity index (χ2v) is 9.94. The number of hydrogen-bond donors (Lipinski definition) is 1. The van der Waals surface area contributed by atoms with Crippen molar-refractivity contribution in [2.24, 2.45) is 0 Å². The van der Waals surface area contributed by atoms with Gasteiger partial charge in [0.25, 0.3) is 5.91 Å². The summed E-state index contributed by atoms with van der Waals surface area (Å²) in [4.78, 5) is 43.7. The first-order valence-corrected chi connectivity index (χ1v) is 11.9. The van der Waals surface area contributed by atoms with Gasteiger partial charge in [-0.25, -0.2) is 19.1 Å². The molecule has 0 spiro atoms. The lowest BCUT2D eigenvalue weighted by Gasteiger charge is -2.33. The van der Waals surface area contributed by atoms with E-state index < -0.39 is 11.6 Å². The van der Waals surface area contributed by atoms with Crippen molar-refractivity contribution < 1.29 is 23.9 Å². The molecule has 1 fully saturated rings. The molecule has 2 aromatic heterocycles. The minimum absolute atomic E-state index is 0.273. The fourth-order valence-electron chi connectivity index (χ4n) is 4.02. The smallest absolute Gasteiger partial charge is 0.410 e. The van der Waals surface area contributed by atoms with Crippen LogP contribution in [-0.4, -0.2) is 62.3 Å². The van der Waals surface area contributed by atoms with Gasteiger partial charge in [0, 0.05) is 43.0 Å². The SMILES string of the molecule is Cc1cc(C)n2ncc(C(=O)Nc3ccc(C(=O)OC4CCN(C(=O)OC(C)(C)C)CC4)cc3)c2n1. The van der Waals surface area contributed by atoms with Gasteiger partial charge in [0.15, 0.2) is 5.65 Å². The lowest BCUT2D eigenvalue weighted by molar-refractivity contribution is -0.00341. The quantitative estimate of drug-likeness (QED) is 0.543. The van der Waals surface area contributed by atoms with E-state index in [1.807, 2.05) is 40.7 Å². The molecule has 1 aromatic carbocycles. The summed E-state index contributed by atoms with van der Waals surface area (Å²) in [5, 5.41) is 7.07. The van der Waals surface area contributed by atoms with Crippen molar-refractivity contribution in [3.63, 3.8) is 0 Å². The highest BCUT2D eigenvalue weighted by atomic mass is 16.6. The van der Waals surface area contributed by atoms with E-state index in [1.165, 1.54) is 6.20 Å². The van der Waals surface area contributed by atoms with Gasteiger partial charge in [-0.2, -0.15) is 5.10 Å². The van der Waals surface area contributed by atoms with Gasteiger partial charge in [0.2, 0.25) is 0 Å². The van der Waals surface area contributed by atoms with E-state index in [9.17, 15) is 14.4 Å². The summed E-state index contributed by atoms with van der Waals surface area (Å²) >= 11 is 0. The van der Waals surface area contributed by atoms with Crippen LogP contribution in [0.1, 0.15) is 65.7 Å². The van der Waals surface area contributed by atoms with Crippen molar-refractivity contribution in [2.45, 2.75) is 59.2 Å². The first kappa shape index (κ1) is 25.2. The molecule has 1 aliphatic heterocycles. The third-order valence-corrected chi connectivity index (χ3v) is 5.77. The van der Waals surface area contributed by atoms with Crippen LogP contribution in [0.2, 0.25) is 0 Å². The Bertz CT molecular complexity index is 1280. The number of carbonyl (C=O) groups excluding carboxylic acids is 3. The molecule has 0 atom stereocenters. The number of ether oxygens (including phenoxy) is 2. The standard InChI is InChI=1S/C26H31N5O5/c1-16-14-17(2)31-22(28-16)21(15-27-31)23(32)29-19-8-6-18(7-9-19)24(33)35-20-10-12-30(13-11-20)25(34)36-26(3,4)5/h6-9,14-15,20H,10-13H2,1-5H3,(H,29,32). The maximum atomic E-state index is 12.8. The number of nitrogens with one attached hydrogen (secondary N) is 1. The Morgan fingerprint density at radius 2 is 1.72 bits per heavy atom. The monoisotopic (exact) mass is 493 g/mol. The van der Waals surface area contributed by atoms with Crippen LogP contribution in [0.25, 0.3) is 5.65 Å². The van der Waals surface area contributed by atoms with E-state index in [-0.39, 0.29) is 18.1 Å². The Morgan fingerprint density at radius 1 is 1.06 bits per heavy atom. The highest BCUT2D eigenvalue weighted by molar-refractivity contribution is 6.08. The van der Waals surface area contributed by atoms with Gasteiger partial charge in [-0.15, -0.1) is 0 Å². The second-order valence-electron chi connectivity index (χ2n) is 9.94. The number of piperidine rings is 1. The molecule has 4 rings (SSSR count). The molecule has 1 N–H and O–H groups in total. The number of anilines is 1. The molecule has 0 radical (unpaired) electrons. The maximum absolute atomic E-state index is 12.8. The normalized spacial score (nSPS) is 14.5. The first-order valence-electron chi connectivity index (χ1n) is 11.9. The van der Waals surface area contributed by atoms with Gasteiger partial charge in [0.1, 0.15) is 17.3 Å². The lowest BCUT2D eigenvalue weighted by Crippen LogP contribution is -2.43. The van der Waals surface area contributed by atoms with E-state index >= 15 is 0 Å². The third kappa shape index (κ3) is 5.81. The predicted octanol–water partition coefficient (Wildman–Crippen LogP) is 4.15. The molecule has 36 heavy (non-hydrogen) atoms. The van der Waals surface area contributed by atoms with E-state index in [0.717, 1.165) is 11.4 Å². The lowest BCUT2D eigenvalue weighted by atomic mass is 10.1. The zero-order chi connectivity index (χ0) is 26.0. The zero-order valence-corrected chi connectivity index (χ0v) is 21.2. The number of hydrogen-bond acceptors (Lipinski definition) is 7. The van der Waals surface area contributed by atoms with Crippen molar-refractivity contribution in [1.82, 2.24) is 19.5 Å². The van der Waals surface area contributed by atoms with Crippen LogP contribution in [0.3, 0.4) is 0 Å². The maximum Gasteiger partial charge on any atom is 0.410 e. The van der Waals surface area contributed by atoms with E-state index in [0.29, 0.717) is 48.4 Å². The number of benzene rings is 1. The average molecular weight is 494 g/mol. The van der Waals surface area contributed by atoms with E-state index in [1.54, 1.807) is 33.7 Å². The van der Waals surface area contributed by atoms with Crippen molar-refractivity contribution in [1.29, 1.82) is 0 Å². The van der Waals surface area contributed by atoms with Crippen molar-refractivity contribution >= 4 is 29.3 Å². The molecule has 0 bridgehead atoms. The van der Waals surface area contributed by atoms with Crippen LogP contribution in [0, 0.1) is 13.8 Å². The van der Waals surface area contributed by atoms with Gasteiger partial charge in [0.05, 0.1) is 11.8 Å². The van der Waals surface area contributed by atoms with Gasteiger partial charge in [-0.1, -0.05) is 0 Å². The topological polar surface area (TPSA) is 115 Å². The molecular formula is C26H31N5O5. The molecule has 0 saturated carbocycles. The van der Waals surface area contributed by atoms with Crippen LogP contribution in [0.5, 0.6) is 0 Å². The molecule has 10 heteroatoms. The Morgan fingerprint density at radius 3 is 2.36 bits per heavy atom. The number of aromatic nitrogens is 3. The Kier molecular flexibility index (Phi) is 6.96. The number of rotatable bonds is 4. The fourth-order valence-corrected chi connectivity index (χ4v) is 4.02. The molecule has 2 amide bonds. The summed E-state index contributed by atoms with van der Waals surface area (Å²) in [5.74, 6) is -0.782. The third-order valence-electron chi connectivity index (χ3n) is 5.77. The Hall–Kier alpha value is -3.95. The minimum atomic E-state index is -0.548. The molecule has 190 valence electrons. The van der Waals surface area contributed by atoms with Gasteiger partial charge >= 0.3 is 12.1 Å². The molecule has 3 aromatic rings.